The third-order valence-electron chi connectivity index (χ3n) is 15.0. The number of hydrogen-bond acceptors (Lipinski definition) is 12. The maximum atomic E-state index is 12.8. The van der Waals surface area contributed by atoms with Crippen LogP contribution in [0.1, 0.15) is 177 Å². The Balaban J connectivity index is 1.06. The van der Waals surface area contributed by atoms with Gasteiger partial charge in [0.1, 0.15) is 25.1 Å². The number of rotatable bonds is 22. The molecule has 4 saturated carbocycles. The van der Waals surface area contributed by atoms with E-state index in [1.165, 1.54) is 19.3 Å². The standard InChI is InChI=1S/C47H76O12/c1-9-41(49)54-28-36(29-55-42(50)10-2)58-44(52)31(4)18-16-14-12-11-13-15-17-30(3)43(51)56-33(6)57-45(53)59-35-23-25-46(7)34(27-35)19-20-37-39-22-21-38(32(5)48)47(39,8)26-24-40(37)46/h30-31,33-40H,9-29H2,1-8H3/t30?,31?,33?,34-,35+,37-,38+,39-,40-,46-,47+/m0/s1. The minimum absolute atomic E-state index is 0.153. The highest BCUT2D eigenvalue weighted by molar-refractivity contribution is 5.79. The predicted octanol–water partition coefficient (Wildman–Crippen LogP) is 9.86. The number of hydrogen-bond donors (Lipinski definition) is 0. The normalized spacial score (nSPS) is 30.1. The van der Waals surface area contributed by atoms with Crippen LogP contribution in [0.2, 0.25) is 0 Å². The Morgan fingerprint density at radius 1 is 0.627 bits per heavy atom. The van der Waals surface area contributed by atoms with E-state index in [1.807, 2.05) is 6.92 Å². The summed E-state index contributed by atoms with van der Waals surface area (Å²) < 4.78 is 32.4. The van der Waals surface area contributed by atoms with Gasteiger partial charge in [0.25, 0.3) is 0 Å². The van der Waals surface area contributed by atoms with Gasteiger partial charge in [-0.25, -0.2) is 4.79 Å². The van der Waals surface area contributed by atoms with Crippen molar-refractivity contribution >= 4 is 35.8 Å². The van der Waals surface area contributed by atoms with Crippen LogP contribution < -0.4 is 0 Å². The molecule has 0 aromatic heterocycles. The maximum Gasteiger partial charge on any atom is 0.511 e. The molecular formula is C47H76O12. The second-order valence-corrected chi connectivity index (χ2v) is 19.0. The van der Waals surface area contributed by atoms with Crippen LogP contribution in [-0.4, -0.2) is 67.5 Å². The monoisotopic (exact) mass is 833 g/mol. The first-order valence-corrected chi connectivity index (χ1v) is 23.1. The van der Waals surface area contributed by atoms with E-state index in [0.29, 0.717) is 42.3 Å². The van der Waals surface area contributed by atoms with Gasteiger partial charge in [0.15, 0.2) is 6.10 Å². The summed E-state index contributed by atoms with van der Waals surface area (Å²) in [5.74, 6) is 0.753. The number of carbonyl (C=O) groups is 6. The zero-order valence-corrected chi connectivity index (χ0v) is 37.5. The third kappa shape index (κ3) is 13.2. The number of ketones is 1. The Hall–Kier alpha value is -3.18. The van der Waals surface area contributed by atoms with E-state index in [0.717, 1.165) is 77.0 Å². The van der Waals surface area contributed by atoms with Crippen molar-refractivity contribution in [1.82, 2.24) is 0 Å². The Kier molecular flexibility index (Phi) is 18.6. The van der Waals surface area contributed by atoms with Gasteiger partial charge in [-0.2, -0.15) is 0 Å². The van der Waals surface area contributed by atoms with Crippen LogP contribution in [0, 0.1) is 52.3 Å². The molecule has 336 valence electrons. The highest BCUT2D eigenvalue weighted by Crippen LogP contribution is 2.67. The molecule has 0 N–H and O–H groups in total. The minimum Gasteiger partial charge on any atom is -0.462 e. The summed E-state index contributed by atoms with van der Waals surface area (Å²) in [6.07, 6.45) is 14.1. The van der Waals surface area contributed by atoms with Gasteiger partial charge in [0, 0.05) is 25.7 Å². The minimum atomic E-state index is -1.04. The SMILES string of the molecule is CCC(=O)OCC(COC(=O)CC)OC(=O)C(C)CCCCCCCCC(C)C(=O)OC(C)OC(=O)O[C@@H]1CC[C@@]2(C)[C@@H](CC[C@@H]3[C@@H]2CC[C@]2(C)[C@@H](C(C)=O)CC[C@@H]32)C1. The van der Waals surface area contributed by atoms with E-state index in [4.69, 9.17) is 28.4 Å². The van der Waals surface area contributed by atoms with Crippen molar-refractivity contribution < 1.29 is 57.2 Å². The number of fused-ring (bicyclic) bond motifs is 5. The topological polar surface area (TPSA) is 158 Å². The summed E-state index contributed by atoms with van der Waals surface area (Å²) in [5, 5.41) is 0. The summed E-state index contributed by atoms with van der Waals surface area (Å²) in [5.41, 5.74) is 0.382. The Bertz CT molecular complexity index is 1410. The Morgan fingerprint density at radius 3 is 1.75 bits per heavy atom. The molecule has 12 heteroatoms. The van der Waals surface area contributed by atoms with Gasteiger partial charge in [-0.3, -0.25) is 24.0 Å². The summed E-state index contributed by atoms with van der Waals surface area (Å²) in [7, 11) is 0. The van der Waals surface area contributed by atoms with Gasteiger partial charge in [-0.1, -0.05) is 80.1 Å². The fourth-order valence-electron chi connectivity index (χ4n) is 11.4. The molecule has 4 fully saturated rings. The maximum absolute atomic E-state index is 12.8. The molecule has 3 unspecified atom stereocenters. The first-order chi connectivity index (χ1) is 28.0. The largest absolute Gasteiger partial charge is 0.511 e. The van der Waals surface area contributed by atoms with Gasteiger partial charge < -0.3 is 28.4 Å². The lowest BCUT2D eigenvalue weighted by Crippen LogP contribution is -2.54. The van der Waals surface area contributed by atoms with Crippen molar-refractivity contribution in [3.8, 4) is 0 Å². The highest BCUT2D eigenvalue weighted by atomic mass is 16.8. The number of Topliss-reactive ketones (excluding diaryl/α,β-unsaturated/α-hetero) is 1. The van der Waals surface area contributed by atoms with Gasteiger partial charge in [-0.05, 0) is 112 Å². The first kappa shape index (κ1) is 48.5. The van der Waals surface area contributed by atoms with Crippen LogP contribution in [0.25, 0.3) is 0 Å². The smallest absolute Gasteiger partial charge is 0.462 e. The molecular weight excluding hydrogens is 757 g/mol. The summed E-state index contributed by atoms with van der Waals surface area (Å²) in [4.78, 5) is 73.9. The molecule has 4 aliphatic rings. The van der Waals surface area contributed by atoms with Gasteiger partial charge >= 0.3 is 30.0 Å². The lowest BCUT2D eigenvalue weighted by Gasteiger charge is -2.61. The molecule has 0 bridgehead atoms. The number of ether oxygens (including phenoxy) is 6. The molecule has 0 spiro atoms. The van der Waals surface area contributed by atoms with Gasteiger partial charge in [-0.15, -0.1) is 0 Å². The third-order valence-corrected chi connectivity index (χ3v) is 15.0. The van der Waals surface area contributed by atoms with Crippen molar-refractivity contribution in [2.24, 2.45) is 52.3 Å². The molecule has 0 amide bonds. The molecule has 59 heavy (non-hydrogen) atoms. The van der Waals surface area contributed by atoms with E-state index >= 15 is 0 Å². The highest BCUT2D eigenvalue weighted by Gasteiger charge is 2.61. The molecule has 0 radical (unpaired) electrons. The molecule has 11 atom stereocenters. The molecule has 0 saturated heterocycles. The van der Waals surface area contributed by atoms with Crippen molar-refractivity contribution in [3.05, 3.63) is 0 Å². The van der Waals surface area contributed by atoms with Crippen LogP contribution in [-0.2, 0) is 52.4 Å². The van der Waals surface area contributed by atoms with E-state index in [9.17, 15) is 28.8 Å². The van der Waals surface area contributed by atoms with Crippen LogP contribution in [0.5, 0.6) is 0 Å². The first-order valence-electron chi connectivity index (χ1n) is 23.1. The lowest BCUT2D eigenvalue weighted by atomic mass is 9.44. The summed E-state index contributed by atoms with van der Waals surface area (Å²) in [6, 6.07) is 0. The molecule has 0 aliphatic heterocycles. The Morgan fingerprint density at radius 2 is 1.17 bits per heavy atom. The lowest BCUT2D eigenvalue weighted by molar-refractivity contribution is -0.175. The molecule has 0 aromatic carbocycles. The van der Waals surface area contributed by atoms with Crippen LogP contribution in [0.4, 0.5) is 4.79 Å². The van der Waals surface area contributed by atoms with Crippen LogP contribution >= 0.6 is 0 Å². The van der Waals surface area contributed by atoms with Crippen LogP contribution in [0.3, 0.4) is 0 Å². The quantitative estimate of drug-likeness (QED) is 0.0441. The fourth-order valence-corrected chi connectivity index (χ4v) is 11.4. The number of unbranched alkanes of at least 4 members (excludes halogenated alkanes) is 5. The van der Waals surface area contributed by atoms with E-state index in [-0.39, 0.29) is 60.7 Å². The fraction of sp³-hybridized carbons (Fsp3) is 0.872. The zero-order valence-electron chi connectivity index (χ0n) is 37.5. The summed E-state index contributed by atoms with van der Waals surface area (Å²) in [6.45, 7) is 14.9. The van der Waals surface area contributed by atoms with Crippen molar-refractivity contribution in [1.29, 1.82) is 0 Å². The van der Waals surface area contributed by atoms with E-state index in [1.54, 1.807) is 34.6 Å². The molecule has 12 nitrogen and oxygen atoms in total. The van der Waals surface area contributed by atoms with Crippen LogP contribution in [0.15, 0.2) is 0 Å². The van der Waals surface area contributed by atoms with E-state index < -0.39 is 42.4 Å². The molecule has 4 aliphatic carbocycles. The predicted molar refractivity (Wildman–Crippen MR) is 220 cm³/mol. The van der Waals surface area contributed by atoms with Crippen molar-refractivity contribution in [2.45, 2.75) is 196 Å². The Labute approximate surface area is 353 Å². The zero-order chi connectivity index (χ0) is 43.3. The number of carbonyl (C=O) groups excluding carboxylic acids is 6. The van der Waals surface area contributed by atoms with E-state index in [2.05, 4.69) is 13.8 Å². The molecule has 0 aromatic rings. The molecule has 4 rings (SSSR count). The summed E-state index contributed by atoms with van der Waals surface area (Å²) >= 11 is 0. The van der Waals surface area contributed by atoms with Crippen molar-refractivity contribution in [2.75, 3.05) is 13.2 Å². The molecule has 0 heterocycles. The average Bonchev–Trinajstić information content (AvgIpc) is 3.56. The second kappa shape index (κ2) is 22.6. The number of esters is 4. The van der Waals surface area contributed by atoms with Gasteiger partial charge in [0.05, 0.1) is 11.8 Å². The average molecular weight is 833 g/mol. The second-order valence-electron chi connectivity index (χ2n) is 19.0. The van der Waals surface area contributed by atoms with Gasteiger partial charge in [0.2, 0.25) is 6.29 Å². The van der Waals surface area contributed by atoms with Crippen molar-refractivity contribution in [3.63, 3.8) is 0 Å².